The fourth-order valence-corrected chi connectivity index (χ4v) is 2.06. The highest BCUT2D eigenvalue weighted by Gasteiger charge is 2.13. The summed E-state index contributed by atoms with van der Waals surface area (Å²) in [6, 6.07) is 1.39. The van der Waals surface area contributed by atoms with Crippen LogP contribution in [0.3, 0.4) is 0 Å². The highest BCUT2D eigenvalue weighted by Crippen LogP contribution is 2.02. The summed E-state index contributed by atoms with van der Waals surface area (Å²) in [6.07, 6.45) is 2.16. The predicted molar refractivity (Wildman–Crippen MR) is 54.7 cm³/mol. The molecule has 7 heteroatoms. The van der Waals surface area contributed by atoms with Crippen molar-refractivity contribution in [2.24, 2.45) is 0 Å². The predicted octanol–water partition coefficient (Wildman–Crippen LogP) is -0.151. The van der Waals surface area contributed by atoms with E-state index < -0.39 is 16.1 Å². The minimum absolute atomic E-state index is 0.0551. The quantitative estimate of drug-likeness (QED) is 0.595. The molecule has 86 valence electrons. The second kappa shape index (κ2) is 5.24. The summed E-state index contributed by atoms with van der Waals surface area (Å²) in [5.41, 5.74) is 0. The number of hydrogen-bond donors (Lipinski definition) is 3. The minimum atomic E-state index is -3.46. The number of H-pyrrole nitrogens is 1. The lowest BCUT2D eigenvalue weighted by Crippen LogP contribution is -2.25. The minimum Gasteiger partial charge on any atom is -0.393 e. The summed E-state index contributed by atoms with van der Waals surface area (Å²) in [6.45, 7) is 1.98. The number of sulfonamides is 1. The van der Waals surface area contributed by atoms with Crippen LogP contribution in [0.25, 0.3) is 0 Å². The molecule has 3 N–H and O–H groups in total. The molecule has 0 spiro atoms. The van der Waals surface area contributed by atoms with E-state index in [9.17, 15) is 8.42 Å². The normalized spacial score (nSPS) is 14.0. The van der Waals surface area contributed by atoms with Crippen LogP contribution in [0, 0.1) is 0 Å². The van der Waals surface area contributed by atoms with Gasteiger partial charge in [0.1, 0.15) is 0 Å². The Labute approximate surface area is 88.8 Å². The van der Waals surface area contributed by atoms with Gasteiger partial charge in [0.15, 0.2) is 5.03 Å². The molecule has 0 aliphatic carbocycles. The highest BCUT2D eigenvalue weighted by molar-refractivity contribution is 7.89. The maximum Gasteiger partial charge on any atom is 0.257 e. The van der Waals surface area contributed by atoms with E-state index in [4.69, 9.17) is 5.11 Å². The average Bonchev–Trinajstić information content (AvgIpc) is 2.65. The molecular formula is C8H15N3O3S. The van der Waals surface area contributed by atoms with Crippen molar-refractivity contribution in [1.29, 1.82) is 0 Å². The van der Waals surface area contributed by atoms with Crippen molar-refractivity contribution in [3.05, 3.63) is 12.3 Å². The van der Waals surface area contributed by atoms with E-state index >= 15 is 0 Å². The molecule has 0 amide bonds. The zero-order chi connectivity index (χ0) is 11.3. The largest absolute Gasteiger partial charge is 0.393 e. The third-order valence-corrected chi connectivity index (χ3v) is 3.25. The van der Waals surface area contributed by atoms with E-state index in [1.807, 2.05) is 0 Å². The Morgan fingerprint density at radius 3 is 2.93 bits per heavy atom. The Morgan fingerprint density at radius 2 is 2.40 bits per heavy atom. The standard InChI is InChI=1S/C8H15N3O3S/c1-7(12)3-2-5-10-15(13,14)8-4-6-9-11-8/h4,6-7,10,12H,2-3,5H2,1H3,(H,9,11). The molecule has 1 heterocycles. The van der Waals surface area contributed by atoms with Crippen LogP contribution in [0.4, 0.5) is 0 Å². The van der Waals surface area contributed by atoms with Crippen molar-refractivity contribution in [3.8, 4) is 0 Å². The second-order valence-electron chi connectivity index (χ2n) is 3.31. The first-order valence-electron chi connectivity index (χ1n) is 4.69. The van der Waals surface area contributed by atoms with Crippen molar-refractivity contribution in [1.82, 2.24) is 14.9 Å². The average molecular weight is 233 g/mol. The topological polar surface area (TPSA) is 95.1 Å². The van der Waals surface area contributed by atoms with Gasteiger partial charge in [0, 0.05) is 6.54 Å². The van der Waals surface area contributed by atoms with Crippen LogP contribution in [0.2, 0.25) is 0 Å². The molecule has 0 bridgehead atoms. The fourth-order valence-electron chi connectivity index (χ4n) is 1.07. The Morgan fingerprint density at radius 1 is 1.67 bits per heavy atom. The maximum absolute atomic E-state index is 11.5. The molecule has 0 aromatic carbocycles. The molecule has 0 saturated heterocycles. The van der Waals surface area contributed by atoms with Gasteiger partial charge in [-0.3, -0.25) is 5.10 Å². The van der Waals surface area contributed by atoms with Crippen molar-refractivity contribution < 1.29 is 13.5 Å². The lowest BCUT2D eigenvalue weighted by atomic mass is 10.2. The van der Waals surface area contributed by atoms with Gasteiger partial charge in [0.2, 0.25) is 0 Å². The Bertz CT molecular complexity index is 372. The summed E-state index contributed by atoms with van der Waals surface area (Å²) in [4.78, 5) is 0. The summed E-state index contributed by atoms with van der Waals surface area (Å²) in [7, 11) is -3.46. The smallest absolute Gasteiger partial charge is 0.257 e. The van der Waals surface area contributed by atoms with E-state index in [1.165, 1.54) is 12.3 Å². The molecule has 1 rings (SSSR count). The molecule has 0 radical (unpaired) electrons. The fraction of sp³-hybridized carbons (Fsp3) is 0.625. The molecule has 1 aromatic rings. The van der Waals surface area contributed by atoms with Crippen LogP contribution >= 0.6 is 0 Å². The Hall–Kier alpha value is -0.920. The maximum atomic E-state index is 11.5. The van der Waals surface area contributed by atoms with Gasteiger partial charge in [-0.25, -0.2) is 13.1 Å². The first-order valence-corrected chi connectivity index (χ1v) is 6.18. The van der Waals surface area contributed by atoms with Crippen LogP contribution in [-0.2, 0) is 10.0 Å². The molecule has 0 saturated carbocycles. The molecule has 15 heavy (non-hydrogen) atoms. The molecule has 0 fully saturated rings. The van der Waals surface area contributed by atoms with E-state index in [-0.39, 0.29) is 5.03 Å². The van der Waals surface area contributed by atoms with Crippen LogP contribution < -0.4 is 4.72 Å². The number of nitrogens with one attached hydrogen (secondary N) is 2. The van der Waals surface area contributed by atoms with E-state index in [0.29, 0.717) is 19.4 Å². The SMILES string of the molecule is CC(O)CCCNS(=O)(=O)c1ccn[nH]1. The van der Waals surface area contributed by atoms with Gasteiger partial charge in [-0.2, -0.15) is 5.10 Å². The molecular weight excluding hydrogens is 218 g/mol. The van der Waals surface area contributed by atoms with Crippen molar-refractivity contribution in [3.63, 3.8) is 0 Å². The number of aliphatic hydroxyl groups excluding tert-OH is 1. The van der Waals surface area contributed by atoms with Crippen LogP contribution in [-0.4, -0.2) is 36.4 Å². The summed E-state index contributed by atoms with van der Waals surface area (Å²) < 4.78 is 25.4. The van der Waals surface area contributed by atoms with Gasteiger partial charge in [0.25, 0.3) is 10.0 Å². The molecule has 0 aliphatic rings. The summed E-state index contributed by atoms with van der Waals surface area (Å²) in [5, 5.41) is 15.0. The molecule has 1 unspecified atom stereocenters. The molecule has 6 nitrogen and oxygen atoms in total. The number of rotatable bonds is 6. The third kappa shape index (κ3) is 3.98. The van der Waals surface area contributed by atoms with E-state index in [2.05, 4.69) is 14.9 Å². The monoisotopic (exact) mass is 233 g/mol. The van der Waals surface area contributed by atoms with Crippen LogP contribution in [0.1, 0.15) is 19.8 Å². The Kier molecular flexibility index (Phi) is 4.25. The molecule has 0 aliphatic heterocycles. The lowest BCUT2D eigenvalue weighted by molar-refractivity contribution is 0.182. The number of aromatic amines is 1. The number of aromatic nitrogens is 2. The van der Waals surface area contributed by atoms with Gasteiger partial charge in [-0.1, -0.05) is 0 Å². The van der Waals surface area contributed by atoms with Gasteiger partial charge >= 0.3 is 0 Å². The number of nitrogens with zero attached hydrogens (tertiary/aromatic N) is 1. The van der Waals surface area contributed by atoms with Crippen LogP contribution in [0.5, 0.6) is 0 Å². The number of aliphatic hydroxyl groups is 1. The Balaban J connectivity index is 2.39. The van der Waals surface area contributed by atoms with E-state index in [1.54, 1.807) is 6.92 Å². The van der Waals surface area contributed by atoms with Gasteiger partial charge in [-0.15, -0.1) is 0 Å². The van der Waals surface area contributed by atoms with Gasteiger partial charge in [-0.05, 0) is 25.8 Å². The zero-order valence-electron chi connectivity index (χ0n) is 8.47. The number of hydrogen-bond acceptors (Lipinski definition) is 4. The summed E-state index contributed by atoms with van der Waals surface area (Å²) in [5.74, 6) is 0. The van der Waals surface area contributed by atoms with Gasteiger partial charge < -0.3 is 5.11 Å². The molecule has 1 aromatic heterocycles. The van der Waals surface area contributed by atoms with Crippen molar-refractivity contribution >= 4 is 10.0 Å². The van der Waals surface area contributed by atoms with Crippen molar-refractivity contribution in [2.75, 3.05) is 6.54 Å². The van der Waals surface area contributed by atoms with Gasteiger partial charge in [0.05, 0.1) is 12.3 Å². The second-order valence-corrected chi connectivity index (χ2v) is 5.05. The third-order valence-electron chi connectivity index (χ3n) is 1.86. The first-order chi connectivity index (χ1) is 7.02. The first kappa shape index (κ1) is 12.2. The highest BCUT2D eigenvalue weighted by atomic mass is 32.2. The van der Waals surface area contributed by atoms with E-state index in [0.717, 1.165) is 0 Å². The van der Waals surface area contributed by atoms with Crippen LogP contribution in [0.15, 0.2) is 17.3 Å². The lowest BCUT2D eigenvalue weighted by Gasteiger charge is -2.05. The molecule has 1 atom stereocenters. The zero-order valence-corrected chi connectivity index (χ0v) is 9.29. The van der Waals surface area contributed by atoms with Crippen molar-refractivity contribution in [2.45, 2.75) is 30.9 Å². The summed E-state index contributed by atoms with van der Waals surface area (Å²) >= 11 is 0.